The number of carbonyl (C=O) groups excluding carboxylic acids is 2. The van der Waals surface area contributed by atoms with Crippen molar-refractivity contribution in [3.05, 3.63) is 34.4 Å². The Morgan fingerprint density at radius 1 is 1.33 bits per heavy atom. The lowest BCUT2D eigenvalue weighted by Crippen LogP contribution is -2.40. The van der Waals surface area contributed by atoms with Crippen LogP contribution in [-0.2, 0) is 9.53 Å². The van der Waals surface area contributed by atoms with E-state index in [9.17, 15) is 9.59 Å². The average molecular weight is 349 g/mol. The third-order valence-electron chi connectivity index (χ3n) is 4.70. The van der Waals surface area contributed by atoms with Gasteiger partial charge in [-0.25, -0.2) is 4.79 Å². The molecule has 3 heterocycles. The minimum atomic E-state index is -0.571. The number of ether oxygens (including phenoxy) is 2. The zero-order chi connectivity index (χ0) is 16.9. The van der Waals surface area contributed by atoms with E-state index in [-0.39, 0.29) is 18.6 Å². The summed E-state index contributed by atoms with van der Waals surface area (Å²) < 4.78 is 11.1. The average Bonchev–Trinajstić information content (AvgIpc) is 3.09. The monoisotopic (exact) mass is 348 g/mol. The Morgan fingerprint density at radius 2 is 2.17 bits per heavy atom. The minimum Gasteiger partial charge on any atom is -0.488 e. The van der Waals surface area contributed by atoms with Crippen molar-refractivity contribution in [3.63, 3.8) is 0 Å². The molecule has 2 amide bonds. The van der Waals surface area contributed by atoms with Crippen molar-refractivity contribution in [2.75, 3.05) is 33.3 Å². The molecule has 0 N–H and O–H groups in total. The maximum atomic E-state index is 12.8. The maximum absolute atomic E-state index is 12.8. The molecule has 126 valence electrons. The summed E-state index contributed by atoms with van der Waals surface area (Å²) in [4.78, 5) is 27.7. The summed E-state index contributed by atoms with van der Waals surface area (Å²) in [6.07, 6.45) is 2.16. The SMILES string of the molecule is CN1CC2(CCN(C(=O)C3=Cc4cc(Cl)ccc4OC3)C2)OC1=O. The lowest BCUT2D eigenvalue weighted by Gasteiger charge is -2.24. The zero-order valence-corrected chi connectivity index (χ0v) is 14.0. The first-order valence-electron chi connectivity index (χ1n) is 7.82. The quantitative estimate of drug-likeness (QED) is 0.780. The molecule has 3 aliphatic rings. The van der Waals surface area contributed by atoms with Crippen molar-refractivity contribution >= 4 is 29.7 Å². The molecule has 24 heavy (non-hydrogen) atoms. The highest BCUT2D eigenvalue weighted by molar-refractivity contribution is 6.30. The van der Waals surface area contributed by atoms with E-state index in [0.29, 0.717) is 36.7 Å². The molecule has 1 spiro atoms. The van der Waals surface area contributed by atoms with Gasteiger partial charge in [-0.05, 0) is 24.3 Å². The van der Waals surface area contributed by atoms with Crippen LogP contribution in [0.5, 0.6) is 5.75 Å². The van der Waals surface area contributed by atoms with Crippen molar-refractivity contribution in [2.24, 2.45) is 0 Å². The molecule has 3 aliphatic heterocycles. The number of fused-ring (bicyclic) bond motifs is 1. The Labute approximate surface area is 144 Å². The van der Waals surface area contributed by atoms with Gasteiger partial charge in [0.1, 0.15) is 12.4 Å². The van der Waals surface area contributed by atoms with Gasteiger partial charge in [0.25, 0.3) is 5.91 Å². The van der Waals surface area contributed by atoms with Crippen molar-refractivity contribution < 1.29 is 19.1 Å². The molecular formula is C17H17ClN2O4. The Balaban J connectivity index is 1.52. The third kappa shape index (κ3) is 2.51. The molecule has 2 saturated heterocycles. The summed E-state index contributed by atoms with van der Waals surface area (Å²) in [5.74, 6) is 0.642. The van der Waals surface area contributed by atoms with Crippen LogP contribution < -0.4 is 4.74 Å². The number of carbonyl (C=O) groups is 2. The van der Waals surface area contributed by atoms with Gasteiger partial charge in [-0.3, -0.25) is 4.79 Å². The van der Waals surface area contributed by atoms with E-state index in [1.54, 1.807) is 35.0 Å². The number of nitrogens with zero attached hydrogens (tertiary/aromatic N) is 2. The molecule has 6 nitrogen and oxygen atoms in total. The van der Waals surface area contributed by atoms with Crippen LogP contribution in [0.15, 0.2) is 23.8 Å². The first kappa shape index (κ1) is 15.3. The number of halogens is 1. The molecule has 0 radical (unpaired) electrons. The Bertz CT molecular complexity index is 763. The minimum absolute atomic E-state index is 0.0805. The number of rotatable bonds is 1. The van der Waals surface area contributed by atoms with Gasteiger partial charge in [0.15, 0.2) is 5.60 Å². The van der Waals surface area contributed by atoms with Gasteiger partial charge in [-0.2, -0.15) is 0 Å². The van der Waals surface area contributed by atoms with Crippen LogP contribution in [0.2, 0.25) is 5.02 Å². The summed E-state index contributed by atoms with van der Waals surface area (Å²) in [6, 6.07) is 5.34. The fourth-order valence-electron chi connectivity index (χ4n) is 3.50. The van der Waals surface area contributed by atoms with E-state index in [2.05, 4.69) is 0 Å². The number of amides is 2. The highest BCUT2D eigenvalue weighted by Gasteiger charge is 2.49. The Kier molecular flexibility index (Phi) is 3.46. The molecule has 1 atom stereocenters. The van der Waals surface area contributed by atoms with E-state index >= 15 is 0 Å². The van der Waals surface area contributed by atoms with Gasteiger partial charge in [-0.15, -0.1) is 0 Å². The summed E-state index contributed by atoms with van der Waals surface area (Å²) in [5, 5.41) is 0.600. The molecule has 4 rings (SSSR count). The van der Waals surface area contributed by atoms with Crippen LogP contribution in [0.3, 0.4) is 0 Å². The standard InChI is InChI=1S/C17H17ClN2O4/c1-19-9-17(24-16(19)22)4-5-20(10-17)15(21)12-6-11-7-13(18)2-3-14(11)23-8-12/h2-3,6-7H,4-5,8-10H2,1H3. The molecule has 1 aromatic rings. The second kappa shape index (κ2) is 5.41. The Hall–Kier alpha value is -2.21. The normalized spacial score (nSPS) is 25.4. The molecule has 1 aromatic carbocycles. The zero-order valence-electron chi connectivity index (χ0n) is 13.3. The number of likely N-dealkylation sites (N-methyl/N-ethyl adjacent to an activating group) is 1. The third-order valence-corrected chi connectivity index (χ3v) is 4.94. The summed E-state index contributed by atoms with van der Waals surface area (Å²) in [6.45, 7) is 1.74. The maximum Gasteiger partial charge on any atom is 0.410 e. The van der Waals surface area contributed by atoms with Crippen LogP contribution in [0.4, 0.5) is 4.79 Å². The highest BCUT2D eigenvalue weighted by Crippen LogP contribution is 2.34. The first-order chi connectivity index (χ1) is 11.5. The van der Waals surface area contributed by atoms with Gasteiger partial charge in [0.2, 0.25) is 0 Å². The first-order valence-corrected chi connectivity index (χ1v) is 8.20. The van der Waals surface area contributed by atoms with Crippen LogP contribution in [-0.4, -0.2) is 60.7 Å². The Morgan fingerprint density at radius 3 is 2.92 bits per heavy atom. The number of benzene rings is 1. The molecule has 1 unspecified atom stereocenters. The molecule has 0 aromatic heterocycles. The predicted octanol–water partition coefficient (Wildman–Crippen LogP) is 2.17. The van der Waals surface area contributed by atoms with E-state index in [0.717, 1.165) is 11.3 Å². The van der Waals surface area contributed by atoms with E-state index in [4.69, 9.17) is 21.1 Å². The van der Waals surface area contributed by atoms with Gasteiger partial charge in [0, 0.05) is 30.6 Å². The summed E-state index contributed by atoms with van der Waals surface area (Å²) >= 11 is 6.01. The predicted molar refractivity (Wildman–Crippen MR) is 88.0 cm³/mol. The smallest absolute Gasteiger partial charge is 0.410 e. The van der Waals surface area contributed by atoms with Crippen LogP contribution in [0.1, 0.15) is 12.0 Å². The fourth-order valence-corrected chi connectivity index (χ4v) is 3.68. The second-order valence-corrected chi connectivity index (χ2v) is 6.96. The van der Waals surface area contributed by atoms with E-state index in [1.807, 2.05) is 6.08 Å². The van der Waals surface area contributed by atoms with E-state index < -0.39 is 5.60 Å². The number of hydrogen-bond donors (Lipinski definition) is 0. The lowest BCUT2D eigenvalue weighted by molar-refractivity contribution is -0.127. The van der Waals surface area contributed by atoms with Gasteiger partial charge in [0.05, 0.1) is 18.7 Å². The van der Waals surface area contributed by atoms with Gasteiger partial charge < -0.3 is 19.3 Å². The summed E-state index contributed by atoms with van der Waals surface area (Å²) in [5.41, 5.74) is 0.816. The molecule has 2 fully saturated rings. The van der Waals surface area contributed by atoms with Gasteiger partial charge >= 0.3 is 6.09 Å². The fraction of sp³-hybridized carbons (Fsp3) is 0.412. The van der Waals surface area contributed by atoms with Crippen LogP contribution in [0.25, 0.3) is 6.08 Å². The topological polar surface area (TPSA) is 59.1 Å². The molecular weight excluding hydrogens is 332 g/mol. The van der Waals surface area contributed by atoms with Crippen molar-refractivity contribution in [1.29, 1.82) is 0 Å². The van der Waals surface area contributed by atoms with Gasteiger partial charge in [-0.1, -0.05) is 11.6 Å². The molecule has 7 heteroatoms. The second-order valence-electron chi connectivity index (χ2n) is 6.52. The van der Waals surface area contributed by atoms with Crippen molar-refractivity contribution in [2.45, 2.75) is 12.0 Å². The highest BCUT2D eigenvalue weighted by atomic mass is 35.5. The van der Waals surface area contributed by atoms with Crippen molar-refractivity contribution in [1.82, 2.24) is 9.80 Å². The summed E-state index contributed by atoms with van der Waals surface area (Å²) in [7, 11) is 1.71. The number of likely N-dealkylation sites (tertiary alicyclic amines) is 1. The largest absolute Gasteiger partial charge is 0.488 e. The van der Waals surface area contributed by atoms with Crippen LogP contribution in [0, 0.1) is 0 Å². The van der Waals surface area contributed by atoms with Crippen molar-refractivity contribution in [3.8, 4) is 5.75 Å². The van der Waals surface area contributed by atoms with Crippen LogP contribution >= 0.6 is 11.6 Å². The molecule has 0 saturated carbocycles. The number of hydrogen-bond acceptors (Lipinski definition) is 4. The lowest BCUT2D eigenvalue weighted by atomic mass is 10.0. The molecule has 0 aliphatic carbocycles. The van der Waals surface area contributed by atoms with E-state index in [1.165, 1.54) is 0 Å². The molecule has 0 bridgehead atoms.